The lowest BCUT2D eigenvalue weighted by Gasteiger charge is -2.31. The molecule has 0 radical (unpaired) electrons. The van der Waals surface area contributed by atoms with Crippen molar-refractivity contribution in [1.82, 2.24) is 10.2 Å². The van der Waals surface area contributed by atoms with Gasteiger partial charge < -0.3 is 19.7 Å². The van der Waals surface area contributed by atoms with Crippen molar-refractivity contribution in [2.24, 2.45) is 0 Å². The van der Waals surface area contributed by atoms with E-state index in [4.69, 9.17) is 32.7 Å². The molecule has 1 N–H and O–H groups in total. The highest BCUT2D eigenvalue weighted by Gasteiger charge is 2.30. The van der Waals surface area contributed by atoms with Crippen LogP contribution in [0.5, 0.6) is 11.5 Å². The number of fused-ring (bicyclic) bond motifs is 1. The highest BCUT2D eigenvalue weighted by atomic mass is 35.5. The third kappa shape index (κ3) is 6.05. The zero-order chi connectivity index (χ0) is 25.0. The normalized spacial score (nSPS) is 13.7. The lowest BCUT2D eigenvalue weighted by molar-refractivity contribution is -0.139. The minimum atomic E-state index is -3.86. The summed E-state index contributed by atoms with van der Waals surface area (Å²) in [6, 6.07) is 8.61. The van der Waals surface area contributed by atoms with E-state index < -0.39 is 34.4 Å². The summed E-state index contributed by atoms with van der Waals surface area (Å²) in [5.74, 6) is -0.110. The molecule has 34 heavy (non-hydrogen) atoms. The molecule has 0 aromatic heterocycles. The second-order valence-corrected chi connectivity index (χ2v) is 10.4. The Labute approximate surface area is 208 Å². The van der Waals surface area contributed by atoms with Gasteiger partial charge in [-0.15, -0.1) is 0 Å². The van der Waals surface area contributed by atoms with Crippen LogP contribution in [0.4, 0.5) is 5.69 Å². The van der Waals surface area contributed by atoms with Crippen molar-refractivity contribution in [3.05, 3.63) is 52.0 Å². The fourth-order valence-electron chi connectivity index (χ4n) is 3.43. The van der Waals surface area contributed by atoms with Gasteiger partial charge in [-0.25, -0.2) is 8.42 Å². The number of carbonyl (C=O) groups is 2. The summed E-state index contributed by atoms with van der Waals surface area (Å²) in [4.78, 5) is 27.1. The monoisotopic (exact) mass is 529 g/mol. The second kappa shape index (κ2) is 10.7. The van der Waals surface area contributed by atoms with Gasteiger partial charge in [0.15, 0.2) is 11.5 Å². The number of sulfonamides is 1. The average Bonchev–Trinajstić information content (AvgIpc) is 2.81. The molecule has 0 bridgehead atoms. The summed E-state index contributed by atoms with van der Waals surface area (Å²) in [5.41, 5.74) is 0.867. The molecule has 2 aromatic carbocycles. The van der Waals surface area contributed by atoms with Crippen LogP contribution in [0.25, 0.3) is 0 Å². The molecule has 2 aromatic rings. The smallest absolute Gasteiger partial charge is 0.244 e. The molecule has 0 aliphatic carbocycles. The van der Waals surface area contributed by atoms with E-state index in [0.29, 0.717) is 40.3 Å². The Morgan fingerprint density at radius 1 is 1.06 bits per heavy atom. The molecular formula is C22H25Cl2N3O6S. The summed E-state index contributed by atoms with van der Waals surface area (Å²) in [5, 5.41) is 3.16. The second-order valence-electron chi connectivity index (χ2n) is 7.66. The number of nitrogens with zero attached hydrogens (tertiary/aromatic N) is 2. The number of halogens is 2. The molecule has 9 nitrogen and oxygen atoms in total. The minimum Gasteiger partial charge on any atom is -0.486 e. The Hall–Kier alpha value is -2.69. The van der Waals surface area contributed by atoms with Crippen LogP contribution in [-0.4, -0.2) is 64.2 Å². The molecule has 2 amide bonds. The molecule has 0 fully saturated rings. The Balaban J connectivity index is 1.92. The van der Waals surface area contributed by atoms with Crippen LogP contribution in [0.2, 0.25) is 10.0 Å². The van der Waals surface area contributed by atoms with Crippen LogP contribution in [0.1, 0.15) is 12.5 Å². The quantitative estimate of drug-likeness (QED) is 0.563. The number of rotatable bonds is 8. The predicted molar refractivity (Wildman–Crippen MR) is 130 cm³/mol. The van der Waals surface area contributed by atoms with E-state index in [2.05, 4.69) is 5.32 Å². The first-order valence-electron chi connectivity index (χ1n) is 10.3. The highest BCUT2D eigenvalue weighted by Crippen LogP contribution is 2.34. The molecule has 12 heteroatoms. The van der Waals surface area contributed by atoms with Gasteiger partial charge in [0, 0.05) is 19.7 Å². The third-order valence-electron chi connectivity index (χ3n) is 5.24. The van der Waals surface area contributed by atoms with E-state index in [1.54, 1.807) is 31.2 Å². The van der Waals surface area contributed by atoms with Gasteiger partial charge in [0.05, 0.1) is 22.0 Å². The number of likely N-dealkylation sites (N-methyl/N-ethyl adjacent to an activating group) is 1. The van der Waals surface area contributed by atoms with Crippen molar-refractivity contribution < 1.29 is 27.5 Å². The number of carbonyl (C=O) groups excluding carboxylic acids is 2. The van der Waals surface area contributed by atoms with E-state index in [0.717, 1.165) is 10.6 Å². The van der Waals surface area contributed by atoms with Gasteiger partial charge in [-0.3, -0.25) is 13.9 Å². The van der Waals surface area contributed by atoms with E-state index in [1.165, 1.54) is 24.1 Å². The topological polar surface area (TPSA) is 105 Å². The lowest BCUT2D eigenvalue weighted by atomic mass is 10.1. The fourth-order valence-corrected chi connectivity index (χ4v) is 4.59. The molecule has 0 spiro atoms. The van der Waals surface area contributed by atoms with Gasteiger partial charge in [0.2, 0.25) is 21.8 Å². The zero-order valence-corrected chi connectivity index (χ0v) is 21.2. The van der Waals surface area contributed by atoms with Gasteiger partial charge in [-0.2, -0.15) is 0 Å². The number of anilines is 1. The zero-order valence-electron chi connectivity index (χ0n) is 18.9. The Morgan fingerprint density at radius 2 is 1.74 bits per heavy atom. The van der Waals surface area contributed by atoms with Crippen molar-refractivity contribution in [3.8, 4) is 11.5 Å². The molecule has 1 heterocycles. The van der Waals surface area contributed by atoms with Crippen LogP contribution in [0, 0.1) is 0 Å². The van der Waals surface area contributed by atoms with E-state index >= 15 is 0 Å². The largest absolute Gasteiger partial charge is 0.486 e. The van der Waals surface area contributed by atoms with Crippen LogP contribution in [-0.2, 0) is 26.2 Å². The molecule has 184 valence electrons. The van der Waals surface area contributed by atoms with Crippen LogP contribution >= 0.6 is 23.2 Å². The minimum absolute atomic E-state index is 0.0169. The van der Waals surface area contributed by atoms with Gasteiger partial charge >= 0.3 is 0 Å². The molecule has 1 atom stereocenters. The summed E-state index contributed by atoms with van der Waals surface area (Å²) < 4.78 is 37.3. The van der Waals surface area contributed by atoms with E-state index in [-0.39, 0.29) is 12.2 Å². The number of amides is 2. The lowest BCUT2D eigenvalue weighted by Crippen LogP contribution is -2.50. The molecule has 0 unspecified atom stereocenters. The van der Waals surface area contributed by atoms with Gasteiger partial charge in [0.25, 0.3) is 0 Å². The SMILES string of the molecule is CNC(=O)[C@@H](C)N(Cc1ccc(Cl)c(Cl)c1)C(=O)CN(c1ccc2c(c1)OCCO2)S(C)(=O)=O. The van der Waals surface area contributed by atoms with Crippen LogP contribution < -0.4 is 19.1 Å². The molecule has 1 aliphatic rings. The third-order valence-corrected chi connectivity index (χ3v) is 7.12. The summed E-state index contributed by atoms with van der Waals surface area (Å²) in [6.07, 6.45) is 1.00. The Bertz CT molecular complexity index is 1190. The van der Waals surface area contributed by atoms with Gasteiger partial charge in [-0.1, -0.05) is 29.3 Å². The van der Waals surface area contributed by atoms with Gasteiger partial charge in [0.1, 0.15) is 25.8 Å². The number of ether oxygens (including phenoxy) is 2. The van der Waals surface area contributed by atoms with E-state index in [1.807, 2.05) is 0 Å². The first-order valence-corrected chi connectivity index (χ1v) is 12.9. The fraction of sp³-hybridized carbons (Fsp3) is 0.364. The first-order chi connectivity index (χ1) is 16.0. The maximum absolute atomic E-state index is 13.4. The number of hydrogen-bond acceptors (Lipinski definition) is 6. The first kappa shape index (κ1) is 25.9. The molecular weight excluding hydrogens is 505 g/mol. The molecule has 0 saturated heterocycles. The maximum Gasteiger partial charge on any atom is 0.244 e. The Morgan fingerprint density at radius 3 is 2.35 bits per heavy atom. The predicted octanol–water partition coefficient (Wildman–Crippen LogP) is 2.69. The van der Waals surface area contributed by atoms with Crippen molar-refractivity contribution in [3.63, 3.8) is 0 Å². The van der Waals surface area contributed by atoms with Crippen molar-refractivity contribution in [1.29, 1.82) is 0 Å². The summed E-state index contributed by atoms with van der Waals surface area (Å²) in [7, 11) is -2.40. The molecule has 0 saturated carbocycles. The highest BCUT2D eigenvalue weighted by molar-refractivity contribution is 7.92. The number of benzene rings is 2. The standard InChI is InChI=1S/C22H25Cl2N3O6S/c1-14(22(29)25-2)26(12-15-4-6-17(23)18(24)10-15)21(28)13-27(34(3,30)31)16-5-7-19-20(11-16)33-9-8-32-19/h4-7,10-11,14H,8-9,12-13H2,1-3H3,(H,25,29)/t14-/m1/s1. The summed E-state index contributed by atoms with van der Waals surface area (Å²) in [6.45, 7) is 1.77. The number of nitrogens with one attached hydrogen (secondary N) is 1. The molecule has 1 aliphatic heterocycles. The van der Waals surface area contributed by atoms with Crippen LogP contribution in [0.15, 0.2) is 36.4 Å². The van der Waals surface area contributed by atoms with Crippen molar-refractivity contribution in [2.45, 2.75) is 19.5 Å². The van der Waals surface area contributed by atoms with Crippen molar-refractivity contribution in [2.75, 3.05) is 37.4 Å². The van der Waals surface area contributed by atoms with Crippen LogP contribution in [0.3, 0.4) is 0 Å². The Kier molecular flexibility index (Phi) is 8.17. The maximum atomic E-state index is 13.4. The number of hydrogen-bond donors (Lipinski definition) is 1. The molecule has 3 rings (SSSR count). The van der Waals surface area contributed by atoms with E-state index in [9.17, 15) is 18.0 Å². The average molecular weight is 530 g/mol. The summed E-state index contributed by atoms with van der Waals surface area (Å²) >= 11 is 12.1. The van der Waals surface area contributed by atoms with Gasteiger partial charge in [-0.05, 0) is 36.8 Å². The van der Waals surface area contributed by atoms with Crippen molar-refractivity contribution >= 4 is 50.7 Å².